The highest BCUT2D eigenvalue weighted by Gasteiger charge is 2.25. The van der Waals surface area contributed by atoms with E-state index in [1.54, 1.807) is 19.9 Å². The van der Waals surface area contributed by atoms with Crippen molar-refractivity contribution >= 4 is 21.2 Å². The van der Waals surface area contributed by atoms with Crippen molar-refractivity contribution < 1.29 is 18.6 Å². The van der Waals surface area contributed by atoms with Crippen LogP contribution < -0.4 is 10.2 Å². The van der Waals surface area contributed by atoms with Gasteiger partial charge in [-0.3, -0.25) is 0 Å². The summed E-state index contributed by atoms with van der Waals surface area (Å²) < 4.78 is 25.3. The number of nitrogens with zero attached hydrogens (tertiary/aromatic N) is 1. The molecule has 6 nitrogen and oxygen atoms in total. The minimum absolute atomic E-state index is 0.0942. The van der Waals surface area contributed by atoms with Crippen molar-refractivity contribution in [1.29, 1.82) is 0 Å². The van der Waals surface area contributed by atoms with Crippen LogP contribution in [0.1, 0.15) is 33.6 Å². The van der Waals surface area contributed by atoms with E-state index in [2.05, 4.69) is 17.1 Å². The molecule has 1 aromatic rings. The minimum atomic E-state index is -3.45. The number of rotatable bonds is 7. The molecule has 1 heterocycles. The van der Waals surface area contributed by atoms with E-state index in [0.717, 1.165) is 25.2 Å². The van der Waals surface area contributed by atoms with Gasteiger partial charge in [0.05, 0.1) is 28.5 Å². The maximum absolute atomic E-state index is 12.6. The van der Waals surface area contributed by atoms with Crippen molar-refractivity contribution in [1.82, 2.24) is 0 Å². The Kier molecular flexibility index (Phi) is 6.71. The highest BCUT2D eigenvalue weighted by Crippen LogP contribution is 2.31. The molecule has 0 radical (unpaired) electrons. The highest BCUT2D eigenvalue weighted by atomic mass is 32.2. The highest BCUT2D eigenvalue weighted by molar-refractivity contribution is 7.92. The molecule has 2 unspecified atom stereocenters. The van der Waals surface area contributed by atoms with Gasteiger partial charge in [0.1, 0.15) is 0 Å². The van der Waals surface area contributed by atoms with Gasteiger partial charge >= 0.3 is 0 Å². The van der Waals surface area contributed by atoms with Crippen molar-refractivity contribution in [3.63, 3.8) is 0 Å². The molecule has 0 spiro atoms. The molecular formula is C18H30N2O4S. The van der Waals surface area contributed by atoms with Gasteiger partial charge in [-0.2, -0.15) is 0 Å². The maximum Gasteiger partial charge on any atom is 0.182 e. The molecule has 142 valence electrons. The molecule has 3 N–H and O–H groups in total. The van der Waals surface area contributed by atoms with Crippen molar-refractivity contribution in [2.24, 2.45) is 5.92 Å². The first kappa shape index (κ1) is 20.0. The first-order chi connectivity index (χ1) is 11.8. The number of hydrogen-bond acceptors (Lipinski definition) is 6. The lowest BCUT2D eigenvalue weighted by Gasteiger charge is -2.33. The van der Waals surface area contributed by atoms with Gasteiger partial charge in [0.2, 0.25) is 0 Å². The van der Waals surface area contributed by atoms with Crippen LogP contribution in [0, 0.1) is 5.92 Å². The quantitative estimate of drug-likeness (QED) is 0.679. The lowest BCUT2D eigenvalue weighted by Crippen LogP contribution is -2.34. The van der Waals surface area contributed by atoms with Crippen LogP contribution in [0.2, 0.25) is 0 Å². The van der Waals surface area contributed by atoms with E-state index < -0.39 is 21.2 Å². The smallest absolute Gasteiger partial charge is 0.182 e. The third-order valence-electron chi connectivity index (χ3n) is 4.65. The molecule has 0 saturated carbocycles. The van der Waals surface area contributed by atoms with Crippen LogP contribution in [0.4, 0.5) is 11.4 Å². The monoisotopic (exact) mass is 370 g/mol. The second-order valence-electron chi connectivity index (χ2n) is 7.18. The van der Waals surface area contributed by atoms with Crippen molar-refractivity contribution in [2.45, 2.75) is 49.9 Å². The number of aliphatic hydroxyl groups is 2. The molecule has 2 atom stereocenters. The second kappa shape index (κ2) is 8.38. The minimum Gasteiger partial charge on any atom is -0.394 e. The molecule has 1 aliphatic heterocycles. The number of aliphatic hydroxyl groups excluding tert-OH is 2. The first-order valence-corrected chi connectivity index (χ1v) is 10.5. The number of anilines is 2. The Morgan fingerprint density at radius 1 is 1.36 bits per heavy atom. The fourth-order valence-corrected chi connectivity index (χ4v) is 4.27. The molecule has 0 aromatic heterocycles. The normalized spacial score (nSPS) is 19.9. The first-order valence-electron chi connectivity index (χ1n) is 8.91. The fourth-order valence-electron chi connectivity index (χ4n) is 3.07. The second-order valence-corrected chi connectivity index (χ2v) is 9.66. The number of sulfone groups is 1. The number of benzene rings is 1. The largest absolute Gasteiger partial charge is 0.394 e. The van der Waals surface area contributed by atoms with Gasteiger partial charge in [-0.25, -0.2) is 8.42 Å². The summed E-state index contributed by atoms with van der Waals surface area (Å²) in [5.74, 6) is 0.612. The van der Waals surface area contributed by atoms with Gasteiger partial charge in [-0.1, -0.05) is 6.92 Å². The zero-order valence-corrected chi connectivity index (χ0v) is 16.1. The Bertz CT molecular complexity index is 676. The molecule has 25 heavy (non-hydrogen) atoms. The summed E-state index contributed by atoms with van der Waals surface area (Å²) in [6.45, 7) is 7.16. The topological polar surface area (TPSA) is 89.9 Å². The van der Waals surface area contributed by atoms with Crippen LogP contribution in [0.15, 0.2) is 23.1 Å². The average molecular weight is 371 g/mol. The van der Waals surface area contributed by atoms with E-state index in [1.807, 2.05) is 12.1 Å². The summed E-state index contributed by atoms with van der Waals surface area (Å²) in [5, 5.41) is 21.1. The lowest BCUT2D eigenvalue weighted by atomic mass is 10.00. The SMILES string of the molecule is CC1CCCN(c2ccc(S(=O)(=O)C(C)C)c(NCC(O)CO)c2)C1. The lowest BCUT2D eigenvalue weighted by molar-refractivity contribution is 0.105. The van der Waals surface area contributed by atoms with E-state index in [4.69, 9.17) is 5.11 Å². The zero-order chi connectivity index (χ0) is 18.6. The zero-order valence-electron chi connectivity index (χ0n) is 15.3. The van der Waals surface area contributed by atoms with Crippen LogP contribution in [0.5, 0.6) is 0 Å². The van der Waals surface area contributed by atoms with E-state index in [9.17, 15) is 13.5 Å². The summed E-state index contributed by atoms with van der Waals surface area (Å²) in [4.78, 5) is 2.51. The van der Waals surface area contributed by atoms with E-state index >= 15 is 0 Å². The Labute approximate surface area is 150 Å². The van der Waals surface area contributed by atoms with Crippen molar-refractivity contribution in [3.05, 3.63) is 18.2 Å². The molecular weight excluding hydrogens is 340 g/mol. The molecule has 7 heteroatoms. The van der Waals surface area contributed by atoms with Gasteiger partial charge in [-0.05, 0) is 50.8 Å². The van der Waals surface area contributed by atoms with Gasteiger partial charge in [0, 0.05) is 25.3 Å². The Morgan fingerprint density at radius 3 is 2.68 bits per heavy atom. The Balaban J connectivity index is 2.36. The summed E-state index contributed by atoms with van der Waals surface area (Å²) in [7, 11) is -3.45. The standard InChI is InChI=1S/C18H30N2O4S/c1-13(2)25(23,24)18-7-6-15(20-8-4-5-14(3)11-20)9-17(18)19-10-16(22)12-21/h6-7,9,13-14,16,19,21-22H,4-5,8,10-12H2,1-3H3. The van der Waals surface area contributed by atoms with Crippen LogP contribution >= 0.6 is 0 Å². The van der Waals surface area contributed by atoms with Gasteiger partial charge < -0.3 is 20.4 Å². The number of nitrogens with one attached hydrogen (secondary N) is 1. The fraction of sp³-hybridized carbons (Fsp3) is 0.667. The van der Waals surface area contributed by atoms with Crippen LogP contribution in [0.3, 0.4) is 0 Å². The predicted molar refractivity (Wildman–Crippen MR) is 101 cm³/mol. The summed E-state index contributed by atoms with van der Waals surface area (Å²) in [6, 6.07) is 5.36. The molecule has 1 saturated heterocycles. The average Bonchev–Trinajstić information content (AvgIpc) is 2.59. The van der Waals surface area contributed by atoms with E-state index in [0.29, 0.717) is 11.6 Å². The molecule has 1 fully saturated rings. The Morgan fingerprint density at radius 2 is 2.08 bits per heavy atom. The molecule has 0 bridgehead atoms. The van der Waals surface area contributed by atoms with Crippen molar-refractivity contribution in [2.75, 3.05) is 36.5 Å². The van der Waals surface area contributed by atoms with Crippen molar-refractivity contribution in [3.8, 4) is 0 Å². The van der Waals surface area contributed by atoms with E-state index in [-0.39, 0.29) is 18.0 Å². The molecule has 0 aliphatic carbocycles. The summed E-state index contributed by atoms with van der Waals surface area (Å²) >= 11 is 0. The maximum atomic E-state index is 12.6. The Hall–Kier alpha value is -1.31. The van der Waals surface area contributed by atoms with Gasteiger partial charge in [0.15, 0.2) is 9.84 Å². The predicted octanol–water partition coefficient (Wildman–Crippen LogP) is 1.87. The van der Waals surface area contributed by atoms with E-state index in [1.165, 1.54) is 6.42 Å². The van der Waals surface area contributed by atoms with Gasteiger partial charge in [-0.15, -0.1) is 0 Å². The third kappa shape index (κ3) is 4.86. The van der Waals surface area contributed by atoms with Crippen LogP contribution in [0.25, 0.3) is 0 Å². The summed E-state index contributed by atoms with van der Waals surface area (Å²) in [5.41, 5.74) is 1.46. The number of hydrogen-bond donors (Lipinski definition) is 3. The van der Waals surface area contributed by atoms with Gasteiger partial charge in [0.25, 0.3) is 0 Å². The molecule has 1 aliphatic rings. The summed E-state index contributed by atoms with van der Waals surface area (Å²) in [6.07, 6.45) is 1.40. The molecule has 0 amide bonds. The molecule has 1 aromatic carbocycles. The number of piperidine rings is 1. The van der Waals surface area contributed by atoms with Crippen LogP contribution in [-0.4, -0.2) is 56.2 Å². The third-order valence-corrected chi connectivity index (χ3v) is 6.86. The molecule has 2 rings (SSSR count). The van der Waals surface area contributed by atoms with Crippen LogP contribution in [-0.2, 0) is 9.84 Å².